The molecule has 100 valence electrons. The third-order valence-electron chi connectivity index (χ3n) is 3.48. The van der Waals surface area contributed by atoms with Crippen LogP contribution in [0.5, 0.6) is 0 Å². The van der Waals surface area contributed by atoms with Crippen LogP contribution < -0.4 is 4.90 Å². The molecule has 2 nitrogen and oxygen atoms in total. The summed E-state index contributed by atoms with van der Waals surface area (Å²) in [5.41, 5.74) is 0.903. The third kappa shape index (κ3) is 3.04. The molecule has 1 fully saturated rings. The van der Waals surface area contributed by atoms with Crippen molar-refractivity contribution in [3.8, 4) is 0 Å². The highest BCUT2D eigenvalue weighted by Gasteiger charge is 2.26. The van der Waals surface area contributed by atoms with Crippen LogP contribution in [0.2, 0.25) is 0 Å². The predicted octanol–water partition coefficient (Wildman–Crippen LogP) is 3.51. The summed E-state index contributed by atoms with van der Waals surface area (Å²) in [7, 11) is 0. The van der Waals surface area contributed by atoms with Gasteiger partial charge in [0.25, 0.3) is 0 Å². The van der Waals surface area contributed by atoms with Gasteiger partial charge in [-0.1, -0.05) is 15.9 Å². The Hall–Kier alpha value is -0.610. The minimum absolute atomic E-state index is 0.137. The molecule has 1 aromatic rings. The summed E-state index contributed by atoms with van der Waals surface area (Å²) >= 11 is 3.40. The molecule has 0 amide bonds. The second kappa shape index (κ2) is 5.17. The highest BCUT2D eigenvalue weighted by Crippen LogP contribution is 2.26. The van der Waals surface area contributed by atoms with Gasteiger partial charge in [0.1, 0.15) is 5.82 Å². The maximum Gasteiger partial charge on any atom is 0.146 e. The van der Waals surface area contributed by atoms with E-state index in [2.05, 4.69) is 46.5 Å². The highest BCUT2D eigenvalue weighted by molar-refractivity contribution is 9.10. The molecule has 0 bridgehead atoms. The summed E-state index contributed by atoms with van der Waals surface area (Å²) in [6.07, 6.45) is 0. The monoisotopic (exact) mass is 314 g/mol. The van der Waals surface area contributed by atoms with Gasteiger partial charge in [0.15, 0.2) is 0 Å². The second-order valence-corrected chi connectivity index (χ2v) is 6.66. The van der Waals surface area contributed by atoms with Crippen molar-refractivity contribution in [2.75, 3.05) is 31.1 Å². The molecular weight excluding hydrogens is 295 g/mol. The number of piperazine rings is 1. The molecule has 0 N–H and O–H groups in total. The Bertz CT molecular complexity index is 420. The van der Waals surface area contributed by atoms with Crippen molar-refractivity contribution in [2.24, 2.45) is 0 Å². The molecule has 0 atom stereocenters. The van der Waals surface area contributed by atoms with Gasteiger partial charge < -0.3 is 4.90 Å². The van der Waals surface area contributed by atoms with E-state index < -0.39 is 0 Å². The van der Waals surface area contributed by atoms with Crippen molar-refractivity contribution in [1.82, 2.24) is 4.90 Å². The van der Waals surface area contributed by atoms with Gasteiger partial charge in [-0.15, -0.1) is 0 Å². The average Bonchev–Trinajstić information content (AvgIpc) is 2.31. The van der Waals surface area contributed by atoms with Gasteiger partial charge in [-0.05, 0) is 39.0 Å². The second-order valence-electron chi connectivity index (χ2n) is 5.74. The summed E-state index contributed by atoms with van der Waals surface area (Å²) in [6, 6.07) is 5.13. The lowest BCUT2D eigenvalue weighted by Gasteiger charge is -2.43. The summed E-state index contributed by atoms with van der Waals surface area (Å²) < 4.78 is 14.7. The molecule has 1 saturated heterocycles. The highest BCUT2D eigenvalue weighted by atomic mass is 79.9. The van der Waals surface area contributed by atoms with E-state index in [4.69, 9.17) is 0 Å². The van der Waals surface area contributed by atoms with Gasteiger partial charge in [0.05, 0.1) is 5.69 Å². The van der Waals surface area contributed by atoms with Crippen molar-refractivity contribution < 1.29 is 4.39 Å². The zero-order valence-corrected chi connectivity index (χ0v) is 12.8. The molecule has 0 aromatic heterocycles. The molecule has 0 saturated carbocycles. The van der Waals surface area contributed by atoms with Crippen LogP contribution in [0.25, 0.3) is 0 Å². The van der Waals surface area contributed by atoms with Crippen molar-refractivity contribution in [1.29, 1.82) is 0 Å². The number of rotatable bonds is 1. The zero-order chi connectivity index (χ0) is 13.3. The van der Waals surface area contributed by atoms with Crippen molar-refractivity contribution in [2.45, 2.75) is 26.3 Å². The average molecular weight is 315 g/mol. The van der Waals surface area contributed by atoms with E-state index in [1.807, 2.05) is 6.07 Å². The van der Waals surface area contributed by atoms with Gasteiger partial charge in [0, 0.05) is 36.2 Å². The molecular formula is C14H20BrFN2. The van der Waals surface area contributed by atoms with Crippen molar-refractivity contribution >= 4 is 21.6 Å². The van der Waals surface area contributed by atoms with Crippen molar-refractivity contribution in [3.05, 3.63) is 28.5 Å². The number of halogens is 2. The number of hydrogen-bond acceptors (Lipinski definition) is 2. The van der Waals surface area contributed by atoms with Crippen molar-refractivity contribution in [3.63, 3.8) is 0 Å². The maximum absolute atomic E-state index is 13.8. The first-order valence-electron chi connectivity index (χ1n) is 6.33. The number of hydrogen-bond donors (Lipinski definition) is 0. The van der Waals surface area contributed by atoms with Gasteiger partial charge >= 0.3 is 0 Å². The fraction of sp³-hybridized carbons (Fsp3) is 0.571. The largest absolute Gasteiger partial charge is 0.367 e. The maximum atomic E-state index is 13.8. The predicted molar refractivity (Wildman–Crippen MR) is 77.6 cm³/mol. The Balaban J connectivity index is 2.08. The zero-order valence-electron chi connectivity index (χ0n) is 11.2. The van der Waals surface area contributed by atoms with Crippen LogP contribution in [0, 0.1) is 5.82 Å². The lowest BCUT2D eigenvalue weighted by molar-refractivity contribution is 0.128. The van der Waals surface area contributed by atoms with Gasteiger partial charge in [0.2, 0.25) is 0 Å². The molecule has 0 spiro atoms. The Morgan fingerprint density at radius 2 is 1.72 bits per heavy atom. The first-order chi connectivity index (χ1) is 8.38. The van der Waals surface area contributed by atoms with Gasteiger partial charge in [-0.25, -0.2) is 4.39 Å². The Morgan fingerprint density at radius 1 is 1.11 bits per heavy atom. The SMILES string of the molecule is CC(C)(C)N1CCN(c2cc(Br)ccc2F)CC1. The van der Waals surface area contributed by atoms with E-state index in [9.17, 15) is 4.39 Å². The lowest BCUT2D eigenvalue weighted by Crippen LogP contribution is -2.53. The van der Waals surface area contributed by atoms with Gasteiger partial charge in [-0.2, -0.15) is 0 Å². The molecule has 1 aliphatic heterocycles. The molecule has 1 aromatic carbocycles. The smallest absolute Gasteiger partial charge is 0.146 e. The first-order valence-corrected chi connectivity index (χ1v) is 7.12. The van der Waals surface area contributed by atoms with E-state index in [0.717, 1.165) is 30.7 Å². The third-order valence-corrected chi connectivity index (χ3v) is 3.97. The molecule has 4 heteroatoms. The van der Waals surface area contributed by atoms with E-state index in [-0.39, 0.29) is 11.4 Å². The van der Waals surface area contributed by atoms with Crippen LogP contribution in [-0.4, -0.2) is 36.6 Å². The minimum Gasteiger partial charge on any atom is -0.367 e. The van der Waals surface area contributed by atoms with Crippen LogP contribution in [0.15, 0.2) is 22.7 Å². The molecule has 2 rings (SSSR count). The molecule has 18 heavy (non-hydrogen) atoms. The fourth-order valence-electron chi connectivity index (χ4n) is 2.35. The minimum atomic E-state index is -0.137. The van der Waals surface area contributed by atoms with E-state index >= 15 is 0 Å². The standard InChI is InChI=1S/C14H20BrFN2/c1-14(2,3)18-8-6-17(7-9-18)13-10-11(15)4-5-12(13)16/h4-5,10H,6-9H2,1-3H3. The lowest BCUT2D eigenvalue weighted by atomic mass is 10.0. The quantitative estimate of drug-likeness (QED) is 0.782. The van der Waals surface area contributed by atoms with Crippen LogP contribution >= 0.6 is 15.9 Å². The molecule has 1 heterocycles. The first kappa shape index (κ1) is 13.8. The molecule has 0 radical (unpaired) electrons. The van der Waals surface area contributed by atoms with Crippen LogP contribution in [0.1, 0.15) is 20.8 Å². The number of benzene rings is 1. The Labute approximate surface area is 117 Å². The van der Waals surface area contributed by atoms with E-state index in [0.29, 0.717) is 5.69 Å². The number of nitrogens with zero attached hydrogens (tertiary/aromatic N) is 2. The summed E-state index contributed by atoms with van der Waals surface area (Å²) in [5, 5.41) is 0. The fourth-order valence-corrected chi connectivity index (χ4v) is 2.70. The molecule has 0 aliphatic carbocycles. The Kier molecular flexibility index (Phi) is 3.97. The van der Waals surface area contributed by atoms with Gasteiger partial charge in [-0.3, -0.25) is 4.90 Å². The van der Waals surface area contributed by atoms with E-state index in [1.54, 1.807) is 6.07 Å². The normalized spacial score (nSPS) is 18.2. The van der Waals surface area contributed by atoms with Crippen LogP contribution in [0.3, 0.4) is 0 Å². The topological polar surface area (TPSA) is 6.48 Å². The Morgan fingerprint density at radius 3 is 2.28 bits per heavy atom. The van der Waals surface area contributed by atoms with Crippen LogP contribution in [-0.2, 0) is 0 Å². The molecule has 0 unspecified atom stereocenters. The summed E-state index contributed by atoms with van der Waals surface area (Å²) in [4.78, 5) is 4.57. The summed E-state index contributed by atoms with van der Waals surface area (Å²) in [5.74, 6) is -0.137. The molecule has 1 aliphatic rings. The van der Waals surface area contributed by atoms with Crippen LogP contribution in [0.4, 0.5) is 10.1 Å². The van der Waals surface area contributed by atoms with E-state index in [1.165, 1.54) is 6.07 Å². The number of anilines is 1. The summed E-state index contributed by atoms with van der Waals surface area (Å²) in [6.45, 7) is 10.4.